The molecule has 32 aromatic rings. The topological polar surface area (TPSA) is 60.8 Å². The van der Waals surface area contributed by atoms with Crippen LogP contribution in [-0.2, 0) is 0 Å². The van der Waals surface area contributed by atoms with Gasteiger partial charge >= 0.3 is 0 Å². The molecule has 0 atom stereocenters. The van der Waals surface area contributed by atoms with Gasteiger partial charge in [0, 0.05) is 137 Å². The summed E-state index contributed by atoms with van der Waals surface area (Å²) in [5, 5.41) is 21.0. The predicted molar refractivity (Wildman–Crippen MR) is 614 cm³/mol. The van der Waals surface area contributed by atoms with Crippen molar-refractivity contribution in [3.8, 4) is 107 Å². The van der Waals surface area contributed by atoms with E-state index in [2.05, 4.69) is 535 Å². The van der Waals surface area contributed by atoms with Crippen LogP contribution < -0.4 is 0 Å². The van der Waals surface area contributed by atoms with Crippen LogP contribution >= 0.6 is 0 Å². The molecule has 0 fully saturated rings. The second-order valence-electron chi connectivity index (χ2n) is 39.4. The Morgan fingerprint density at radius 3 is 0.585 bits per heavy atom. The summed E-state index contributed by atoms with van der Waals surface area (Å²) in [6.45, 7) is 0. The molecule has 0 N–H and O–H groups in total. The maximum Gasteiger partial charge on any atom is 0.135 e. The van der Waals surface area contributed by atoms with Crippen LogP contribution in [0.5, 0.6) is 0 Å². The molecule has 0 spiro atoms. The van der Waals surface area contributed by atoms with Crippen molar-refractivity contribution < 1.29 is 8.83 Å². The minimum Gasteiger partial charge on any atom is -0.456 e. The maximum absolute atomic E-state index is 6.90. The van der Waals surface area contributed by atoms with Crippen LogP contribution in [-0.4, -0.2) is 32.0 Å². The van der Waals surface area contributed by atoms with Gasteiger partial charge in [0.05, 0.1) is 77.2 Å². The van der Waals surface area contributed by atoms with Gasteiger partial charge < -0.3 is 40.8 Å². The molecular formula is C138H83N7O2. The first kappa shape index (κ1) is 81.0. The first-order chi connectivity index (χ1) is 72.8. The molecule has 9 aromatic heterocycles. The molecule has 23 aromatic carbocycles. The fourth-order valence-electron chi connectivity index (χ4n) is 24.8. The van der Waals surface area contributed by atoms with Gasteiger partial charge in [-0.25, -0.2) is 0 Å². The second-order valence-corrected chi connectivity index (χ2v) is 39.4. The lowest BCUT2D eigenvalue weighted by molar-refractivity contribution is 0.668. The third kappa shape index (κ3) is 12.3. The average Bonchev–Trinajstić information content (AvgIpc) is 1.35. The molecule has 147 heavy (non-hydrogen) atoms. The molecule has 0 aliphatic rings. The normalized spacial score (nSPS) is 12.2. The third-order valence-electron chi connectivity index (χ3n) is 31.5. The molecule has 0 saturated heterocycles. The number of aromatic nitrogens is 7. The molecule has 32 rings (SSSR count). The highest BCUT2D eigenvalue weighted by molar-refractivity contribution is 6.21. The number of hydrogen-bond donors (Lipinski definition) is 0. The zero-order valence-corrected chi connectivity index (χ0v) is 79.4. The maximum atomic E-state index is 6.90. The van der Waals surface area contributed by atoms with Crippen molar-refractivity contribution in [3.63, 3.8) is 0 Å². The number of benzene rings is 23. The van der Waals surface area contributed by atoms with E-state index in [9.17, 15) is 0 Å². The number of hydrogen-bond acceptors (Lipinski definition) is 2. The Bertz CT molecular complexity index is 11000. The van der Waals surface area contributed by atoms with Gasteiger partial charge in [0.1, 0.15) is 22.3 Å². The van der Waals surface area contributed by atoms with Crippen LogP contribution in [0.3, 0.4) is 0 Å². The Balaban J connectivity index is 0.489. The van der Waals surface area contributed by atoms with Crippen LogP contribution in [0.25, 0.3) is 303 Å². The Hall–Kier alpha value is -19.7. The Kier molecular flexibility index (Phi) is 17.3. The van der Waals surface area contributed by atoms with Crippen LogP contribution in [0.4, 0.5) is 0 Å². The summed E-state index contributed by atoms with van der Waals surface area (Å²) in [5.74, 6) is 0. The molecule has 0 unspecified atom stereocenters. The van der Waals surface area contributed by atoms with Crippen molar-refractivity contribution in [3.05, 3.63) is 504 Å². The van der Waals surface area contributed by atoms with Crippen molar-refractivity contribution in [2.75, 3.05) is 0 Å². The van der Waals surface area contributed by atoms with Crippen molar-refractivity contribution in [2.24, 2.45) is 0 Å². The standard InChI is InChI=1S/C138H83N7O2/c1-5-23-84(24-6-1)86-52-67-135-117(79-86)118-81-100(55-68-136(118)146-135)143-130-63-48-91(87-44-59-126-109(71-87)104-32-14-19-37-122(104)139(126)96-25-7-2-8-26-96)75-113(130)114-78-94(49-64-131(114)143)90-47-62-129-112(74-90)107-35-17-22-40-125(107)142(129)99-53-41-85(42-54-99)95-43-58-108-103-31-13-18-36-121(103)145(134(108)80-95)102-57-70-138-120(83-102)119-82-101(56-69-137(119)147-138)144-132-65-50-92(88-45-60-127-110(72-88)105-33-15-20-38-123(105)140(127)97-27-9-3-10-28-97)76-115(132)116-77-93(51-66-133(116)144)89-46-61-128-111(73-89)106-34-16-21-39-124(106)141(128)98-29-11-4-12-30-98/h1-83H. The molecule has 0 amide bonds. The summed E-state index contributed by atoms with van der Waals surface area (Å²) in [6, 6.07) is 186. The van der Waals surface area contributed by atoms with Gasteiger partial charge in [-0.15, -0.1) is 0 Å². The predicted octanol–water partition coefficient (Wildman–Crippen LogP) is 37.2. The monoisotopic (exact) mass is 1870 g/mol. The van der Waals surface area contributed by atoms with Crippen molar-refractivity contribution in [1.82, 2.24) is 32.0 Å². The quantitative estimate of drug-likeness (QED) is 0.115. The smallest absolute Gasteiger partial charge is 0.135 e. The highest BCUT2D eigenvalue weighted by atomic mass is 16.3. The van der Waals surface area contributed by atoms with Gasteiger partial charge in [-0.05, 0) is 315 Å². The van der Waals surface area contributed by atoms with E-state index in [1.54, 1.807) is 0 Å². The summed E-state index contributed by atoms with van der Waals surface area (Å²) in [5.41, 5.74) is 41.0. The molecule has 0 saturated carbocycles. The fourth-order valence-corrected chi connectivity index (χ4v) is 24.8. The highest BCUT2D eigenvalue weighted by Gasteiger charge is 2.27. The minimum atomic E-state index is 0.830. The first-order valence-corrected chi connectivity index (χ1v) is 50.5. The van der Waals surface area contributed by atoms with E-state index >= 15 is 0 Å². The fraction of sp³-hybridized carbons (Fsp3) is 0. The molecule has 0 aliphatic heterocycles. The van der Waals surface area contributed by atoms with E-state index < -0.39 is 0 Å². The number of furan rings is 2. The van der Waals surface area contributed by atoms with Crippen LogP contribution in [0.2, 0.25) is 0 Å². The molecule has 0 radical (unpaired) electrons. The van der Waals surface area contributed by atoms with Crippen LogP contribution in [0.1, 0.15) is 0 Å². The van der Waals surface area contributed by atoms with Crippen LogP contribution in [0, 0.1) is 0 Å². The van der Waals surface area contributed by atoms with Crippen molar-refractivity contribution in [1.29, 1.82) is 0 Å². The largest absolute Gasteiger partial charge is 0.456 e. The van der Waals surface area contributed by atoms with Gasteiger partial charge in [-0.3, -0.25) is 0 Å². The first-order valence-electron chi connectivity index (χ1n) is 50.5. The summed E-state index contributed by atoms with van der Waals surface area (Å²) in [6.07, 6.45) is 0. The van der Waals surface area contributed by atoms with Gasteiger partial charge in [-0.2, -0.15) is 0 Å². The van der Waals surface area contributed by atoms with Crippen molar-refractivity contribution in [2.45, 2.75) is 0 Å². The zero-order valence-electron chi connectivity index (χ0n) is 79.4. The van der Waals surface area contributed by atoms with E-state index in [1.807, 2.05) is 0 Å². The third-order valence-corrected chi connectivity index (χ3v) is 31.5. The lowest BCUT2D eigenvalue weighted by Crippen LogP contribution is -1.95. The molecular weight excluding hydrogens is 1790 g/mol. The van der Waals surface area contributed by atoms with Gasteiger partial charge in [0.25, 0.3) is 0 Å². The number of fused-ring (bicyclic) bond motifs is 27. The van der Waals surface area contributed by atoms with E-state index in [1.165, 1.54) is 114 Å². The van der Waals surface area contributed by atoms with E-state index in [-0.39, 0.29) is 0 Å². The number of nitrogens with zero attached hydrogens (tertiary/aromatic N) is 7. The summed E-state index contributed by atoms with van der Waals surface area (Å²) in [7, 11) is 0. The molecule has 9 heterocycles. The Morgan fingerprint density at radius 1 is 0.0952 bits per heavy atom. The van der Waals surface area contributed by atoms with Crippen LogP contribution in [0.15, 0.2) is 512 Å². The Labute approximate surface area is 841 Å². The SMILES string of the molecule is c1ccc(-c2ccc3oc4ccc(-n5c6ccc(-c7ccc8c(c7)c7ccccc7n8-c7ccccc7)cc6c6cc(-c7ccc8c(c7)c7ccccc7n8-c7ccc(-c8ccc9c%10ccccc%10n(-c%10ccc%11oc%12ccc(-n%13c%14ccc(-c%15ccc%16c(c%15)c%15ccccc%15n%16-c%15ccccc%15)cc%14c%14cc(-c%15ccc%16c(c%15)c%15ccccc%15n%16-c%15ccccc%15)ccc%14%13)cc%12c%11c%10)c9c8)cc7)ccc65)cc4c3c2)cc1. The molecule has 682 valence electrons. The van der Waals surface area contributed by atoms with E-state index in [4.69, 9.17) is 8.83 Å². The average molecular weight is 1870 g/mol. The lowest BCUT2D eigenvalue weighted by Gasteiger charge is -2.11. The number of rotatable bonds is 13. The van der Waals surface area contributed by atoms with Gasteiger partial charge in [0.2, 0.25) is 0 Å². The van der Waals surface area contributed by atoms with Gasteiger partial charge in [-0.1, -0.05) is 255 Å². The van der Waals surface area contributed by atoms with Crippen molar-refractivity contribution >= 4 is 197 Å². The molecule has 9 nitrogen and oxygen atoms in total. The highest BCUT2D eigenvalue weighted by Crippen LogP contribution is 2.49. The lowest BCUT2D eigenvalue weighted by atomic mass is 9.98. The minimum absolute atomic E-state index is 0.830. The summed E-state index contributed by atoms with van der Waals surface area (Å²) in [4.78, 5) is 0. The Morgan fingerprint density at radius 2 is 0.272 bits per heavy atom. The molecule has 0 bridgehead atoms. The van der Waals surface area contributed by atoms with E-state index in [0.29, 0.717) is 0 Å². The zero-order chi connectivity index (χ0) is 95.9. The summed E-state index contributed by atoms with van der Waals surface area (Å²) >= 11 is 0. The number of para-hydroxylation sites is 8. The summed E-state index contributed by atoms with van der Waals surface area (Å²) < 4.78 is 30.5. The second kappa shape index (κ2) is 31.4. The van der Waals surface area contributed by atoms with Gasteiger partial charge in [0.15, 0.2) is 0 Å². The molecule has 9 heteroatoms. The van der Waals surface area contributed by atoms with E-state index in [0.717, 1.165) is 189 Å². The molecule has 0 aliphatic carbocycles.